The van der Waals surface area contributed by atoms with Crippen LogP contribution in [0.1, 0.15) is 73.2 Å². The van der Waals surface area contributed by atoms with Crippen LogP contribution in [0.5, 0.6) is 0 Å². The van der Waals surface area contributed by atoms with E-state index in [1.807, 2.05) is 0 Å². The minimum absolute atomic E-state index is 0.237. The Balaban J connectivity index is 1.09. The minimum Gasteiger partial charge on any atom is -0.339 e. The van der Waals surface area contributed by atoms with Gasteiger partial charge in [-0.2, -0.15) is 0 Å². The molecule has 4 fully saturated rings. The Bertz CT molecular complexity index is 733. The normalized spacial score (nSPS) is 27.5. The predicted octanol–water partition coefficient (Wildman–Crippen LogP) is 3.47. The Morgan fingerprint density at radius 2 is 1.59 bits per heavy atom. The maximum Gasteiger partial charge on any atom is 0.253 e. The van der Waals surface area contributed by atoms with Crippen LogP contribution in [0.15, 0.2) is 24.3 Å². The van der Waals surface area contributed by atoms with Crippen LogP contribution in [-0.2, 0) is 0 Å². The van der Waals surface area contributed by atoms with Gasteiger partial charge in [-0.05, 0) is 92.9 Å². The van der Waals surface area contributed by atoms with Gasteiger partial charge < -0.3 is 20.4 Å². The fourth-order valence-electron chi connectivity index (χ4n) is 6.63. The van der Waals surface area contributed by atoms with Crippen molar-refractivity contribution in [3.63, 3.8) is 0 Å². The topological polar surface area (TPSA) is 47.6 Å². The molecule has 1 aromatic rings. The van der Waals surface area contributed by atoms with Crippen molar-refractivity contribution in [1.29, 1.82) is 0 Å². The first-order valence-electron chi connectivity index (χ1n) is 13.2. The highest BCUT2D eigenvalue weighted by Crippen LogP contribution is 2.46. The molecular weight excluding hydrogens is 396 g/mol. The first-order chi connectivity index (χ1) is 15.7. The molecule has 1 amide bonds. The van der Waals surface area contributed by atoms with E-state index in [-0.39, 0.29) is 5.91 Å². The molecule has 5 rings (SSSR count). The lowest BCUT2D eigenvalue weighted by atomic mass is 9.65. The summed E-state index contributed by atoms with van der Waals surface area (Å²) in [5.41, 5.74) is 2.76. The summed E-state index contributed by atoms with van der Waals surface area (Å²) >= 11 is 0. The monoisotopic (exact) mass is 438 g/mol. The number of nitrogens with zero attached hydrogens (tertiary/aromatic N) is 2. The van der Waals surface area contributed by atoms with E-state index < -0.39 is 0 Å². The van der Waals surface area contributed by atoms with Gasteiger partial charge in [0.2, 0.25) is 0 Å². The maximum atomic E-state index is 13.1. The van der Waals surface area contributed by atoms with E-state index in [1.54, 1.807) is 0 Å². The van der Waals surface area contributed by atoms with Gasteiger partial charge in [0, 0.05) is 57.9 Å². The van der Waals surface area contributed by atoms with Crippen molar-refractivity contribution in [3.05, 3.63) is 35.4 Å². The number of likely N-dealkylation sites (tertiary alicyclic amines) is 1. The lowest BCUT2D eigenvalue weighted by molar-refractivity contribution is 0.0357. The molecule has 3 aliphatic heterocycles. The molecule has 4 aliphatic rings. The summed E-state index contributed by atoms with van der Waals surface area (Å²) in [7, 11) is 0. The predicted molar refractivity (Wildman–Crippen MR) is 130 cm³/mol. The van der Waals surface area contributed by atoms with Gasteiger partial charge >= 0.3 is 0 Å². The van der Waals surface area contributed by atoms with Crippen molar-refractivity contribution in [2.24, 2.45) is 11.3 Å². The number of piperidine rings is 2. The molecule has 2 N–H and O–H groups in total. The molecule has 1 aromatic carbocycles. The SMILES string of the molecule is O=C(c1ccc(C2CCCNC2)cc1)N1CCC2(CCC(CN3CCNCC3)CC2)CC1. The number of benzene rings is 1. The smallest absolute Gasteiger partial charge is 0.253 e. The molecule has 3 saturated heterocycles. The van der Waals surface area contributed by atoms with Crippen LogP contribution in [0.2, 0.25) is 0 Å². The third-order valence-corrected chi connectivity index (χ3v) is 8.93. The molecule has 1 spiro atoms. The van der Waals surface area contributed by atoms with Gasteiger partial charge in [-0.1, -0.05) is 12.1 Å². The Labute approximate surface area is 194 Å². The van der Waals surface area contributed by atoms with E-state index >= 15 is 0 Å². The standard InChI is InChI=1S/C27H42N4O/c32-26(24-5-3-23(4-6-24)25-2-1-13-29-20-25)31-16-11-27(12-17-31)9-7-22(8-10-27)21-30-18-14-28-15-19-30/h3-6,22,25,28-29H,1-2,7-21H2. The Kier molecular flexibility index (Phi) is 7.15. The highest BCUT2D eigenvalue weighted by molar-refractivity contribution is 5.94. The molecule has 5 heteroatoms. The molecular formula is C27H42N4O. The molecule has 0 aromatic heterocycles. The third-order valence-electron chi connectivity index (χ3n) is 8.93. The maximum absolute atomic E-state index is 13.1. The Morgan fingerprint density at radius 1 is 0.875 bits per heavy atom. The van der Waals surface area contributed by atoms with Crippen LogP contribution >= 0.6 is 0 Å². The number of hydrogen-bond donors (Lipinski definition) is 2. The summed E-state index contributed by atoms with van der Waals surface area (Å²) in [5.74, 6) is 1.72. The van der Waals surface area contributed by atoms with Gasteiger partial charge in [0.05, 0.1) is 0 Å². The fraction of sp³-hybridized carbons (Fsp3) is 0.741. The van der Waals surface area contributed by atoms with Crippen LogP contribution in [0.25, 0.3) is 0 Å². The van der Waals surface area contributed by atoms with Crippen LogP contribution in [0.4, 0.5) is 0 Å². The highest BCUT2D eigenvalue weighted by Gasteiger charge is 2.39. The molecule has 1 aliphatic carbocycles. The average Bonchev–Trinajstić information content (AvgIpc) is 2.87. The van der Waals surface area contributed by atoms with Crippen molar-refractivity contribution in [2.75, 3.05) is 58.9 Å². The van der Waals surface area contributed by atoms with E-state index in [9.17, 15) is 4.79 Å². The molecule has 0 radical (unpaired) electrons. The van der Waals surface area contributed by atoms with Crippen molar-refractivity contribution >= 4 is 5.91 Å². The first-order valence-corrected chi connectivity index (χ1v) is 13.2. The zero-order chi connectivity index (χ0) is 21.8. The molecule has 176 valence electrons. The second-order valence-corrected chi connectivity index (χ2v) is 11.0. The number of carbonyl (C=O) groups is 1. The summed E-state index contributed by atoms with van der Waals surface area (Å²) in [6, 6.07) is 8.52. The molecule has 5 nitrogen and oxygen atoms in total. The molecule has 1 unspecified atom stereocenters. The number of carbonyl (C=O) groups excluding carboxylic acids is 1. The molecule has 32 heavy (non-hydrogen) atoms. The Hall–Kier alpha value is -1.43. The second-order valence-electron chi connectivity index (χ2n) is 11.0. The van der Waals surface area contributed by atoms with E-state index in [1.165, 1.54) is 76.6 Å². The zero-order valence-corrected chi connectivity index (χ0v) is 19.8. The minimum atomic E-state index is 0.237. The number of nitrogens with one attached hydrogen (secondary N) is 2. The largest absolute Gasteiger partial charge is 0.339 e. The summed E-state index contributed by atoms with van der Waals surface area (Å²) in [5, 5.41) is 6.96. The lowest BCUT2D eigenvalue weighted by Gasteiger charge is -2.46. The molecule has 1 atom stereocenters. The van der Waals surface area contributed by atoms with Crippen molar-refractivity contribution in [1.82, 2.24) is 20.4 Å². The van der Waals surface area contributed by atoms with Crippen LogP contribution in [-0.4, -0.2) is 74.6 Å². The van der Waals surface area contributed by atoms with E-state index in [0.29, 0.717) is 11.3 Å². The molecule has 0 bridgehead atoms. The van der Waals surface area contributed by atoms with Gasteiger partial charge in [0.1, 0.15) is 0 Å². The van der Waals surface area contributed by atoms with Crippen molar-refractivity contribution in [2.45, 2.75) is 57.3 Å². The summed E-state index contributed by atoms with van der Waals surface area (Å²) in [4.78, 5) is 17.9. The van der Waals surface area contributed by atoms with Crippen molar-refractivity contribution in [3.8, 4) is 0 Å². The number of amides is 1. The number of hydrogen-bond acceptors (Lipinski definition) is 4. The second kappa shape index (κ2) is 10.2. The fourth-order valence-corrected chi connectivity index (χ4v) is 6.63. The van der Waals surface area contributed by atoms with Crippen LogP contribution in [0.3, 0.4) is 0 Å². The highest BCUT2D eigenvalue weighted by atomic mass is 16.2. The zero-order valence-electron chi connectivity index (χ0n) is 19.8. The van der Waals surface area contributed by atoms with Gasteiger partial charge in [-0.25, -0.2) is 0 Å². The summed E-state index contributed by atoms with van der Waals surface area (Å²) in [6.45, 7) is 10.1. The third kappa shape index (κ3) is 5.21. The molecule has 1 saturated carbocycles. The molecule has 3 heterocycles. The summed E-state index contributed by atoms with van der Waals surface area (Å²) < 4.78 is 0. The van der Waals surface area contributed by atoms with Crippen LogP contribution in [0, 0.1) is 11.3 Å². The lowest BCUT2D eigenvalue weighted by Crippen LogP contribution is -2.47. The Morgan fingerprint density at radius 3 is 2.25 bits per heavy atom. The average molecular weight is 439 g/mol. The number of rotatable bonds is 4. The van der Waals surface area contributed by atoms with E-state index in [4.69, 9.17) is 0 Å². The quantitative estimate of drug-likeness (QED) is 0.756. The first kappa shape index (κ1) is 22.4. The van der Waals surface area contributed by atoms with Gasteiger partial charge in [0.25, 0.3) is 5.91 Å². The number of piperazine rings is 1. The van der Waals surface area contributed by atoms with Gasteiger partial charge in [-0.15, -0.1) is 0 Å². The van der Waals surface area contributed by atoms with Crippen molar-refractivity contribution < 1.29 is 4.79 Å². The van der Waals surface area contributed by atoms with E-state index in [0.717, 1.165) is 50.7 Å². The van der Waals surface area contributed by atoms with Gasteiger partial charge in [0.15, 0.2) is 0 Å². The van der Waals surface area contributed by atoms with Gasteiger partial charge in [-0.3, -0.25) is 4.79 Å². The van der Waals surface area contributed by atoms with Crippen LogP contribution < -0.4 is 10.6 Å². The van der Waals surface area contributed by atoms with E-state index in [2.05, 4.69) is 44.7 Å². The summed E-state index contributed by atoms with van der Waals surface area (Å²) in [6.07, 6.45) is 10.4.